The number of halogens is 2. The lowest BCUT2D eigenvalue weighted by Gasteiger charge is -2.15. The van der Waals surface area contributed by atoms with Crippen LogP contribution in [0.4, 0.5) is 10.1 Å². The van der Waals surface area contributed by atoms with Crippen molar-refractivity contribution in [3.05, 3.63) is 58.9 Å². The zero-order chi connectivity index (χ0) is 17.9. The van der Waals surface area contributed by atoms with Crippen LogP contribution in [0.5, 0.6) is 0 Å². The lowest BCUT2D eigenvalue weighted by atomic mass is 10.2. The van der Waals surface area contributed by atoms with Crippen molar-refractivity contribution in [3.63, 3.8) is 0 Å². The molecule has 24 heavy (non-hydrogen) atoms. The van der Waals surface area contributed by atoms with Gasteiger partial charge in [-0.15, -0.1) is 0 Å². The third kappa shape index (κ3) is 4.53. The molecular weight excluding hydrogens is 355 g/mol. The van der Waals surface area contributed by atoms with Crippen molar-refractivity contribution in [1.29, 1.82) is 0 Å². The van der Waals surface area contributed by atoms with Crippen molar-refractivity contribution in [3.8, 4) is 0 Å². The normalized spacial score (nSPS) is 12.7. The molecule has 0 radical (unpaired) electrons. The minimum atomic E-state index is -3.87. The first-order valence-corrected chi connectivity index (χ1v) is 8.90. The molecule has 0 unspecified atom stereocenters. The van der Waals surface area contributed by atoms with E-state index in [2.05, 4.69) is 10.0 Å². The van der Waals surface area contributed by atoms with Crippen LogP contribution in [-0.4, -0.2) is 20.4 Å². The Bertz CT molecular complexity index is 854. The van der Waals surface area contributed by atoms with Crippen molar-refractivity contribution in [2.45, 2.75) is 24.8 Å². The van der Waals surface area contributed by atoms with Gasteiger partial charge >= 0.3 is 0 Å². The summed E-state index contributed by atoms with van der Waals surface area (Å²) < 4.78 is 40.2. The Balaban J connectivity index is 2.07. The van der Waals surface area contributed by atoms with Crippen LogP contribution in [0.2, 0.25) is 5.02 Å². The van der Waals surface area contributed by atoms with Gasteiger partial charge in [0.25, 0.3) is 0 Å². The Kier molecular flexibility index (Phi) is 5.58. The Morgan fingerprint density at radius 1 is 1.17 bits per heavy atom. The highest BCUT2D eigenvalue weighted by atomic mass is 35.5. The number of nitrogens with one attached hydrogen (secondary N) is 2. The maximum absolute atomic E-state index is 13.5. The first kappa shape index (κ1) is 18.4. The summed E-state index contributed by atoms with van der Waals surface area (Å²) in [5, 5.41) is 2.87. The van der Waals surface area contributed by atoms with Gasteiger partial charge in [0, 0.05) is 10.7 Å². The number of benzene rings is 2. The fraction of sp³-hybridized carbons (Fsp3) is 0.188. The van der Waals surface area contributed by atoms with Crippen LogP contribution in [-0.2, 0) is 14.8 Å². The molecule has 0 aliphatic carbocycles. The van der Waals surface area contributed by atoms with Crippen LogP contribution in [0.25, 0.3) is 0 Å². The zero-order valence-electron chi connectivity index (χ0n) is 13.0. The number of sulfonamides is 1. The molecule has 0 fully saturated rings. The molecule has 2 N–H and O–H groups in total. The van der Waals surface area contributed by atoms with E-state index in [1.165, 1.54) is 49.4 Å². The highest BCUT2D eigenvalue weighted by Gasteiger charge is 2.22. The molecule has 2 aromatic carbocycles. The SMILES string of the molecule is Cc1ccc(NC(=O)[C@@H](C)NS(=O)(=O)c2ccc(Cl)cc2)cc1F. The largest absolute Gasteiger partial charge is 0.325 e. The number of amides is 1. The Morgan fingerprint density at radius 2 is 1.79 bits per heavy atom. The highest BCUT2D eigenvalue weighted by Crippen LogP contribution is 2.16. The van der Waals surface area contributed by atoms with Crippen molar-refractivity contribution in [2.24, 2.45) is 0 Å². The fourth-order valence-electron chi connectivity index (χ4n) is 1.89. The van der Waals surface area contributed by atoms with E-state index in [0.29, 0.717) is 10.6 Å². The van der Waals surface area contributed by atoms with Gasteiger partial charge in [-0.25, -0.2) is 12.8 Å². The van der Waals surface area contributed by atoms with Gasteiger partial charge in [0.2, 0.25) is 15.9 Å². The van der Waals surface area contributed by atoms with E-state index in [0.717, 1.165) is 0 Å². The Labute approximate surface area is 144 Å². The molecule has 0 spiro atoms. The summed E-state index contributed by atoms with van der Waals surface area (Å²) in [5.41, 5.74) is 0.699. The third-order valence-electron chi connectivity index (χ3n) is 3.29. The van der Waals surface area contributed by atoms with Gasteiger partial charge in [-0.05, 0) is 55.8 Å². The second-order valence-electron chi connectivity index (χ2n) is 5.25. The summed E-state index contributed by atoms with van der Waals surface area (Å²) in [7, 11) is -3.87. The van der Waals surface area contributed by atoms with E-state index >= 15 is 0 Å². The first-order valence-electron chi connectivity index (χ1n) is 7.04. The van der Waals surface area contributed by atoms with Crippen molar-refractivity contribution < 1.29 is 17.6 Å². The predicted octanol–water partition coefficient (Wildman–Crippen LogP) is 3.09. The van der Waals surface area contributed by atoms with Gasteiger partial charge in [0.05, 0.1) is 10.9 Å². The van der Waals surface area contributed by atoms with Crippen LogP contribution >= 0.6 is 11.6 Å². The topological polar surface area (TPSA) is 75.3 Å². The Morgan fingerprint density at radius 3 is 2.38 bits per heavy atom. The molecule has 0 saturated carbocycles. The molecule has 0 saturated heterocycles. The smallest absolute Gasteiger partial charge is 0.242 e. The summed E-state index contributed by atoms with van der Waals surface area (Å²) in [6.45, 7) is 3.00. The standard InChI is InChI=1S/C16H16ClFN2O3S/c1-10-3-6-13(9-15(10)18)19-16(21)11(2)20-24(22,23)14-7-4-12(17)5-8-14/h3-9,11,20H,1-2H3,(H,19,21)/t11-/m1/s1. The van der Waals surface area contributed by atoms with E-state index in [9.17, 15) is 17.6 Å². The fourth-order valence-corrected chi connectivity index (χ4v) is 3.22. The highest BCUT2D eigenvalue weighted by molar-refractivity contribution is 7.89. The monoisotopic (exact) mass is 370 g/mol. The quantitative estimate of drug-likeness (QED) is 0.849. The van der Waals surface area contributed by atoms with E-state index in [1.54, 1.807) is 6.92 Å². The zero-order valence-corrected chi connectivity index (χ0v) is 14.6. The first-order chi connectivity index (χ1) is 11.2. The lowest BCUT2D eigenvalue weighted by Crippen LogP contribution is -2.41. The number of carbonyl (C=O) groups excluding carboxylic acids is 1. The molecular formula is C16H16ClFN2O3S. The van der Waals surface area contributed by atoms with Crippen LogP contribution in [0, 0.1) is 12.7 Å². The molecule has 0 bridgehead atoms. The van der Waals surface area contributed by atoms with Crippen molar-refractivity contribution in [1.82, 2.24) is 4.72 Å². The lowest BCUT2D eigenvalue weighted by molar-refractivity contribution is -0.117. The second-order valence-corrected chi connectivity index (χ2v) is 7.40. The number of aryl methyl sites for hydroxylation is 1. The maximum atomic E-state index is 13.5. The van der Waals surface area contributed by atoms with Gasteiger partial charge in [0.15, 0.2) is 0 Å². The average Bonchev–Trinajstić information content (AvgIpc) is 2.51. The van der Waals surface area contributed by atoms with Crippen LogP contribution in [0.15, 0.2) is 47.4 Å². The number of carbonyl (C=O) groups is 1. The van der Waals surface area contributed by atoms with Gasteiger partial charge in [-0.2, -0.15) is 4.72 Å². The molecule has 2 rings (SSSR count). The van der Waals surface area contributed by atoms with Crippen LogP contribution in [0.3, 0.4) is 0 Å². The number of rotatable bonds is 5. The molecule has 128 valence electrons. The molecule has 1 amide bonds. The molecule has 5 nitrogen and oxygen atoms in total. The van der Waals surface area contributed by atoms with Gasteiger partial charge < -0.3 is 5.32 Å². The van der Waals surface area contributed by atoms with E-state index in [4.69, 9.17) is 11.6 Å². The van der Waals surface area contributed by atoms with Gasteiger partial charge in [0.1, 0.15) is 5.82 Å². The minimum Gasteiger partial charge on any atom is -0.325 e. The molecule has 0 aliphatic rings. The number of anilines is 1. The molecule has 2 aromatic rings. The summed E-state index contributed by atoms with van der Waals surface area (Å²) in [5.74, 6) is -1.06. The molecule has 0 aliphatic heterocycles. The van der Waals surface area contributed by atoms with Crippen molar-refractivity contribution >= 4 is 33.2 Å². The second kappa shape index (κ2) is 7.29. The number of hydrogen-bond acceptors (Lipinski definition) is 3. The summed E-state index contributed by atoms with van der Waals surface area (Å²) >= 11 is 5.72. The molecule has 0 heterocycles. The molecule has 1 atom stereocenters. The molecule has 8 heteroatoms. The number of hydrogen-bond donors (Lipinski definition) is 2. The minimum absolute atomic E-state index is 0.00655. The summed E-state index contributed by atoms with van der Waals surface area (Å²) in [4.78, 5) is 12.1. The molecule has 0 aromatic heterocycles. The van der Waals surface area contributed by atoms with E-state index in [-0.39, 0.29) is 10.6 Å². The van der Waals surface area contributed by atoms with Crippen molar-refractivity contribution in [2.75, 3.05) is 5.32 Å². The van der Waals surface area contributed by atoms with Crippen LogP contribution < -0.4 is 10.0 Å². The Hall–Kier alpha value is -1.96. The predicted molar refractivity (Wildman–Crippen MR) is 91.0 cm³/mol. The third-order valence-corrected chi connectivity index (χ3v) is 5.10. The summed E-state index contributed by atoms with van der Waals surface area (Å²) in [6.07, 6.45) is 0. The van der Waals surface area contributed by atoms with E-state index in [1.807, 2.05) is 0 Å². The maximum Gasteiger partial charge on any atom is 0.242 e. The summed E-state index contributed by atoms with van der Waals surface area (Å²) in [6, 6.07) is 8.74. The van der Waals surface area contributed by atoms with Gasteiger partial charge in [-0.1, -0.05) is 17.7 Å². The average molecular weight is 371 g/mol. The van der Waals surface area contributed by atoms with E-state index < -0.39 is 27.8 Å². The van der Waals surface area contributed by atoms with Gasteiger partial charge in [-0.3, -0.25) is 4.79 Å². The van der Waals surface area contributed by atoms with Crippen LogP contribution in [0.1, 0.15) is 12.5 Å².